The molecule has 1 aliphatic carbocycles. The average molecular weight is 316 g/mol. The number of rotatable bonds is 5. The van der Waals surface area contributed by atoms with Gasteiger partial charge in [0.05, 0.1) is 0 Å². The van der Waals surface area contributed by atoms with Gasteiger partial charge < -0.3 is 0 Å². The van der Waals surface area contributed by atoms with Crippen molar-refractivity contribution in [2.24, 2.45) is 5.92 Å². The van der Waals surface area contributed by atoms with Crippen LogP contribution in [0, 0.1) is 5.92 Å². The van der Waals surface area contributed by atoms with Crippen LogP contribution in [0.25, 0.3) is 22.8 Å². The van der Waals surface area contributed by atoms with E-state index in [0.29, 0.717) is 5.92 Å². The summed E-state index contributed by atoms with van der Waals surface area (Å²) in [5.74, 6) is 0.664. The summed E-state index contributed by atoms with van der Waals surface area (Å²) in [4.78, 5) is 0. The van der Waals surface area contributed by atoms with E-state index in [-0.39, 0.29) is 0 Å². The van der Waals surface area contributed by atoms with Crippen LogP contribution < -0.4 is 0 Å². The zero-order valence-electron chi connectivity index (χ0n) is 15.4. The van der Waals surface area contributed by atoms with Crippen molar-refractivity contribution in [3.8, 4) is 11.1 Å². The molecule has 0 N–H and O–H groups in total. The quantitative estimate of drug-likeness (QED) is 0.469. The standard InChI is InChI=1S/C24H28/c1-5-7-11-18-14-15-19(16-17(3)4)24-22-13-9-8-12-20(22)21(10-6-2)23(18)24/h7-15,17H,5-6,16H2,1-4H3. The van der Waals surface area contributed by atoms with E-state index in [4.69, 9.17) is 0 Å². The number of hydrogen-bond donors (Lipinski definition) is 0. The first kappa shape index (κ1) is 16.8. The van der Waals surface area contributed by atoms with Gasteiger partial charge in [0.1, 0.15) is 0 Å². The molecule has 0 saturated heterocycles. The van der Waals surface area contributed by atoms with Crippen molar-refractivity contribution in [3.63, 3.8) is 0 Å². The Morgan fingerprint density at radius 2 is 1.62 bits per heavy atom. The molecule has 0 heteroatoms. The molecular formula is C24H28. The van der Waals surface area contributed by atoms with Gasteiger partial charge in [-0.15, -0.1) is 0 Å². The number of benzene rings is 2. The third kappa shape index (κ3) is 2.98. The Morgan fingerprint density at radius 3 is 2.29 bits per heavy atom. The Hall–Kier alpha value is -2.08. The van der Waals surface area contributed by atoms with Gasteiger partial charge in [-0.1, -0.05) is 82.3 Å². The zero-order chi connectivity index (χ0) is 17.1. The lowest BCUT2D eigenvalue weighted by molar-refractivity contribution is 0.648. The third-order valence-electron chi connectivity index (χ3n) is 4.65. The molecular weight excluding hydrogens is 288 g/mol. The van der Waals surface area contributed by atoms with Crippen molar-refractivity contribution in [1.29, 1.82) is 0 Å². The molecule has 3 rings (SSSR count). The van der Waals surface area contributed by atoms with Crippen LogP contribution in [-0.4, -0.2) is 0 Å². The summed E-state index contributed by atoms with van der Waals surface area (Å²) < 4.78 is 0. The number of allylic oxidation sites excluding steroid dienone is 2. The number of hydrogen-bond acceptors (Lipinski definition) is 0. The molecule has 2 aromatic carbocycles. The minimum Gasteiger partial charge on any atom is -0.0842 e. The fraction of sp³-hybridized carbons (Fsp3) is 0.333. The molecule has 24 heavy (non-hydrogen) atoms. The Bertz CT molecular complexity index is 788. The summed E-state index contributed by atoms with van der Waals surface area (Å²) in [6.45, 7) is 9.04. The molecule has 1 aliphatic rings. The molecule has 0 unspecified atom stereocenters. The van der Waals surface area contributed by atoms with E-state index in [9.17, 15) is 0 Å². The highest BCUT2D eigenvalue weighted by Gasteiger charge is 2.27. The topological polar surface area (TPSA) is 0 Å². The van der Waals surface area contributed by atoms with Crippen molar-refractivity contribution in [2.45, 2.75) is 47.0 Å². The van der Waals surface area contributed by atoms with Crippen LogP contribution >= 0.6 is 0 Å². The molecule has 0 fully saturated rings. The molecule has 0 nitrogen and oxygen atoms in total. The first-order valence-corrected chi connectivity index (χ1v) is 9.30. The first-order chi connectivity index (χ1) is 11.7. The van der Waals surface area contributed by atoms with Gasteiger partial charge in [0.25, 0.3) is 0 Å². The van der Waals surface area contributed by atoms with E-state index in [1.165, 1.54) is 39.0 Å². The monoisotopic (exact) mass is 316 g/mol. The largest absolute Gasteiger partial charge is 0.0842 e. The Kier molecular flexibility index (Phi) is 5.04. The maximum absolute atomic E-state index is 2.40. The molecule has 0 atom stereocenters. The van der Waals surface area contributed by atoms with Crippen molar-refractivity contribution in [2.75, 3.05) is 0 Å². The molecule has 0 bridgehead atoms. The lowest BCUT2D eigenvalue weighted by Crippen LogP contribution is -1.98. The van der Waals surface area contributed by atoms with Crippen LogP contribution in [0.2, 0.25) is 0 Å². The summed E-state index contributed by atoms with van der Waals surface area (Å²) >= 11 is 0. The average Bonchev–Trinajstić information content (AvgIpc) is 2.90. The SMILES string of the molecule is CCC=Cc1ccc(CC(C)C)c2c1C(=CCC)c1ccccc1-2. The Balaban J connectivity index is 2.31. The van der Waals surface area contributed by atoms with Gasteiger partial charge in [-0.25, -0.2) is 0 Å². The second kappa shape index (κ2) is 7.21. The second-order valence-corrected chi connectivity index (χ2v) is 7.04. The highest BCUT2D eigenvalue weighted by Crippen LogP contribution is 2.48. The van der Waals surface area contributed by atoms with Gasteiger partial charge in [-0.3, -0.25) is 0 Å². The normalized spacial score (nSPS) is 14.6. The molecule has 0 aliphatic heterocycles. The van der Waals surface area contributed by atoms with E-state index in [2.05, 4.69) is 82.3 Å². The lowest BCUT2D eigenvalue weighted by Gasteiger charge is -2.14. The highest BCUT2D eigenvalue weighted by atomic mass is 14.3. The summed E-state index contributed by atoms with van der Waals surface area (Å²) in [5, 5.41) is 0. The van der Waals surface area contributed by atoms with E-state index in [1.807, 2.05) is 0 Å². The molecule has 0 amide bonds. The molecule has 0 saturated carbocycles. The highest BCUT2D eigenvalue weighted by molar-refractivity contribution is 6.04. The predicted molar refractivity (Wildman–Crippen MR) is 107 cm³/mol. The van der Waals surface area contributed by atoms with Crippen molar-refractivity contribution < 1.29 is 0 Å². The summed E-state index contributed by atoms with van der Waals surface area (Å²) in [6.07, 6.45) is 10.2. The van der Waals surface area contributed by atoms with E-state index >= 15 is 0 Å². The maximum atomic E-state index is 2.40. The Morgan fingerprint density at radius 1 is 0.875 bits per heavy atom. The van der Waals surface area contributed by atoms with Gasteiger partial charge >= 0.3 is 0 Å². The molecule has 0 radical (unpaired) electrons. The van der Waals surface area contributed by atoms with Crippen LogP contribution in [0.5, 0.6) is 0 Å². The zero-order valence-corrected chi connectivity index (χ0v) is 15.4. The smallest absolute Gasteiger partial charge is 0.00269 e. The minimum absolute atomic E-state index is 0.664. The maximum Gasteiger partial charge on any atom is -0.00269 e. The van der Waals surface area contributed by atoms with Crippen LogP contribution in [-0.2, 0) is 6.42 Å². The Labute approximate surface area is 146 Å². The van der Waals surface area contributed by atoms with Gasteiger partial charge in [-0.05, 0) is 64.1 Å². The van der Waals surface area contributed by atoms with Crippen molar-refractivity contribution in [1.82, 2.24) is 0 Å². The van der Waals surface area contributed by atoms with E-state index in [1.54, 1.807) is 0 Å². The van der Waals surface area contributed by atoms with Crippen LogP contribution in [0.4, 0.5) is 0 Å². The second-order valence-electron chi connectivity index (χ2n) is 7.04. The molecule has 124 valence electrons. The minimum atomic E-state index is 0.664. The molecule has 0 spiro atoms. The van der Waals surface area contributed by atoms with Gasteiger partial charge in [0.15, 0.2) is 0 Å². The van der Waals surface area contributed by atoms with Crippen LogP contribution in [0.1, 0.15) is 62.8 Å². The predicted octanol–water partition coefficient (Wildman–Crippen LogP) is 7.13. The van der Waals surface area contributed by atoms with E-state index in [0.717, 1.165) is 19.3 Å². The number of fused-ring (bicyclic) bond motifs is 3. The molecule has 2 aromatic rings. The fourth-order valence-corrected chi connectivity index (χ4v) is 3.74. The van der Waals surface area contributed by atoms with Crippen LogP contribution in [0.15, 0.2) is 48.6 Å². The van der Waals surface area contributed by atoms with Gasteiger partial charge in [-0.2, -0.15) is 0 Å². The van der Waals surface area contributed by atoms with E-state index < -0.39 is 0 Å². The van der Waals surface area contributed by atoms with Gasteiger partial charge in [0.2, 0.25) is 0 Å². The summed E-state index contributed by atoms with van der Waals surface area (Å²) in [5.41, 5.74) is 9.99. The lowest BCUT2D eigenvalue weighted by atomic mass is 9.90. The first-order valence-electron chi connectivity index (χ1n) is 9.30. The summed E-state index contributed by atoms with van der Waals surface area (Å²) in [6, 6.07) is 13.6. The molecule has 0 aromatic heterocycles. The van der Waals surface area contributed by atoms with Gasteiger partial charge in [0, 0.05) is 0 Å². The molecule has 0 heterocycles. The van der Waals surface area contributed by atoms with Crippen LogP contribution in [0.3, 0.4) is 0 Å². The summed E-state index contributed by atoms with van der Waals surface area (Å²) in [7, 11) is 0. The fourth-order valence-electron chi connectivity index (χ4n) is 3.74. The van der Waals surface area contributed by atoms with Crippen molar-refractivity contribution in [3.05, 3.63) is 70.8 Å². The van der Waals surface area contributed by atoms with Crippen molar-refractivity contribution >= 4 is 11.6 Å². The third-order valence-corrected chi connectivity index (χ3v) is 4.65.